The highest BCUT2D eigenvalue weighted by atomic mass is 32.2. The normalized spacial score (nSPS) is 16.9. The molecule has 1 saturated carbocycles. The van der Waals surface area contributed by atoms with Crippen LogP contribution in [0.5, 0.6) is 0 Å². The van der Waals surface area contributed by atoms with Gasteiger partial charge in [-0.05, 0) is 63.4 Å². The summed E-state index contributed by atoms with van der Waals surface area (Å²) in [6, 6.07) is 7.35. The lowest BCUT2D eigenvalue weighted by atomic mass is 10.1. The fourth-order valence-electron chi connectivity index (χ4n) is 2.00. The number of rotatable bonds is 8. The predicted molar refractivity (Wildman–Crippen MR) is 81.2 cm³/mol. The summed E-state index contributed by atoms with van der Waals surface area (Å²) in [7, 11) is -3.35. The fraction of sp³-hybridized carbons (Fsp3) is 0.571. The van der Waals surface area contributed by atoms with Crippen LogP contribution in [0.15, 0.2) is 29.2 Å². The van der Waals surface area contributed by atoms with Crippen LogP contribution in [0.1, 0.15) is 32.6 Å². The Labute approximate surface area is 121 Å². The molecule has 4 N–H and O–H groups in total. The molecule has 20 heavy (non-hydrogen) atoms. The standard InChI is InChI=1S/C14H23N3O2S/c1-11(3-2-10-15)16-12-6-8-14(9-7-12)20(18,19)17-13-4-5-13/h6-9,11,13,16-17H,2-5,10,15H2,1H3. The van der Waals surface area contributed by atoms with Crippen molar-refractivity contribution in [1.82, 2.24) is 4.72 Å². The van der Waals surface area contributed by atoms with Crippen molar-refractivity contribution in [1.29, 1.82) is 0 Å². The molecular formula is C14H23N3O2S. The molecule has 0 amide bonds. The van der Waals surface area contributed by atoms with Crippen molar-refractivity contribution in [2.75, 3.05) is 11.9 Å². The first-order valence-electron chi connectivity index (χ1n) is 7.10. The van der Waals surface area contributed by atoms with Crippen molar-refractivity contribution >= 4 is 15.7 Å². The number of benzene rings is 1. The van der Waals surface area contributed by atoms with Crippen molar-refractivity contribution in [3.63, 3.8) is 0 Å². The second kappa shape index (κ2) is 6.56. The molecule has 1 atom stereocenters. The number of nitrogens with two attached hydrogens (primary N) is 1. The van der Waals surface area contributed by atoms with Crippen LogP contribution in [0.2, 0.25) is 0 Å². The largest absolute Gasteiger partial charge is 0.383 e. The zero-order valence-electron chi connectivity index (χ0n) is 11.8. The number of hydrogen-bond acceptors (Lipinski definition) is 4. The number of hydrogen-bond donors (Lipinski definition) is 3. The Hall–Kier alpha value is -1.11. The third kappa shape index (κ3) is 4.47. The van der Waals surface area contributed by atoms with Crippen LogP contribution in [0.4, 0.5) is 5.69 Å². The summed E-state index contributed by atoms with van der Waals surface area (Å²) in [4.78, 5) is 0.324. The Morgan fingerprint density at radius 2 is 1.95 bits per heavy atom. The summed E-state index contributed by atoms with van der Waals surface area (Å²) in [5.41, 5.74) is 6.41. The van der Waals surface area contributed by atoms with Crippen LogP contribution in [0.25, 0.3) is 0 Å². The molecule has 5 nitrogen and oxygen atoms in total. The van der Waals surface area contributed by atoms with Gasteiger partial charge in [-0.2, -0.15) is 0 Å². The summed E-state index contributed by atoms with van der Waals surface area (Å²) in [5.74, 6) is 0. The van der Waals surface area contributed by atoms with Crippen molar-refractivity contribution in [3.8, 4) is 0 Å². The van der Waals surface area contributed by atoms with Gasteiger partial charge in [-0.3, -0.25) is 0 Å². The molecule has 2 rings (SSSR count). The molecule has 1 aliphatic rings. The van der Waals surface area contributed by atoms with Gasteiger partial charge >= 0.3 is 0 Å². The van der Waals surface area contributed by atoms with Crippen LogP contribution in [0, 0.1) is 0 Å². The van der Waals surface area contributed by atoms with Crippen LogP contribution in [-0.2, 0) is 10.0 Å². The van der Waals surface area contributed by atoms with E-state index in [9.17, 15) is 8.42 Å². The molecule has 6 heteroatoms. The van der Waals surface area contributed by atoms with E-state index in [1.54, 1.807) is 24.3 Å². The van der Waals surface area contributed by atoms with E-state index in [0.29, 0.717) is 17.5 Å². The number of anilines is 1. The Morgan fingerprint density at radius 3 is 2.50 bits per heavy atom. The van der Waals surface area contributed by atoms with Crippen molar-refractivity contribution in [2.24, 2.45) is 5.73 Å². The number of sulfonamides is 1. The summed E-state index contributed by atoms with van der Waals surface area (Å²) in [6.45, 7) is 2.78. The lowest BCUT2D eigenvalue weighted by molar-refractivity contribution is 0.581. The number of nitrogens with one attached hydrogen (secondary N) is 2. The molecule has 0 heterocycles. The summed E-state index contributed by atoms with van der Waals surface area (Å²) in [6.07, 6.45) is 3.86. The van der Waals surface area contributed by atoms with Gasteiger partial charge in [-0.15, -0.1) is 0 Å². The van der Waals surface area contributed by atoms with Gasteiger partial charge in [0.2, 0.25) is 10.0 Å². The minimum atomic E-state index is -3.35. The van der Waals surface area contributed by atoms with E-state index in [-0.39, 0.29) is 6.04 Å². The molecule has 0 aromatic heterocycles. The minimum Gasteiger partial charge on any atom is -0.383 e. The summed E-state index contributed by atoms with van der Waals surface area (Å²) >= 11 is 0. The SMILES string of the molecule is CC(CCCN)Nc1ccc(S(=O)(=O)NC2CC2)cc1. The second-order valence-corrected chi connectivity index (χ2v) is 7.11. The quantitative estimate of drug-likeness (QED) is 0.681. The van der Waals surface area contributed by atoms with Gasteiger partial charge < -0.3 is 11.1 Å². The smallest absolute Gasteiger partial charge is 0.240 e. The minimum absolute atomic E-state index is 0.133. The Balaban J connectivity index is 1.95. The highest BCUT2D eigenvalue weighted by Gasteiger charge is 2.27. The van der Waals surface area contributed by atoms with E-state index in [2.05, 4.69) is 17.0 Å². The monoisotopic (exact) mass is 297 g/mol. The van der Waals surface area contributed by atoms with E-state index in [4.69, 9.17) is 5.73 Å². The van der Waals surface area contributed by atoms with E-state index in [1.807, 2.05) is 0 Å². The molecule has 0 aliphatic heterocycles. The highest BCUT2D eigenvalue weighted by molar-refractivity contribution is 7.89. The first-order valence-corrected chi connectivity index (χ1v) is 8.58. The highest BCUT2D eigenvalue weighted by Crippen LogP contribution is 2.23. The fourth-order valence-corrected chi connectivity index (χ4v) is 3.30. The molecule has 0 spiro atoms. The van der Waals surface area contributed by atoms with Gasteiger partial charge in [0.1, 0.15) is 0 Å². The molecular weight excluding hydrogens is 274 g/mol. The van der Waals surface area contributed by atoms with Crippen molar-refractivity contribution < 1.29 is 8.42 Å². The topological polar surface area (TPSA) is 84.2 Å². The molecule has 1 unspecified atom stereocenters. The van der Waals surface area contributed by atoms with Crippen LogP contribution < -0.4 is 15.8 Å². The average molecular weight is 297 g/mol. The Kier molecular flexibility index (Phi) is 5.01. The molecule has 0 bridgehead atoms. The summed E-state index contributed by atoms with van der Waals surface area (Å²) < 4.78 is 26.7. The van der Waals surface area contributed by atoms with E-state index in [1.165, 1.54) is 0 Å². The molecule has 112 valence electrons. The van der Waals surface area contributed by atoms with E-state index in [0.717, 1.165) is 31.4 Å². The van der Waals surface area contributed by atoms with Crippen molar-refractivity contribution in [3.05, 3.63) is 24.3 Å². The first kappa shape index (κ1) is 15.3. The van der Waals surface area contributed by atoms with Gasteiger partial charge in [-0.1, -0.05) is 0 Å². The molecule has 0 saturated heterocycles. The van der Waals surface area contributed by atoms with Gasteiger partial charge in [0.15, 0.2) is 0 Å². The van der Waals surface area contributed by atoms with E-state index < -0.39 is 10.0 Å². The predicted octanol–water partition coefficient (Wildman–Crippen LogP) is 1.67. The molecule has 1 aliphatic carbocycles. The van der Waals surface area contributed by atoms with Gasteiger partial charge in [0, 0.05) is 17.8 Å². The maximum atomic E-state index is 12.0. The summed E-state index contributed by atoms with van der Waals surface area (Å²) in [5, 5.41) is 3.34. The van der Waals surface area contributed by atoms with Crippen LogP contribution in [-0.4, -0.2) is 27.0 Å². The third-order valence-corrected chi connectivity index (χ3v) is 4.85. The Bertz CT molecular complexity index is 524. The molecule has 1 fully saturated rings. The van der Waals surface area contributed by atoms with Crippen molar-refractivity contribution in [2.45, 2.75) is 49.6 Å². The third-order valence-electron chi connectivity index (χ3n) is 3.32. The molecule has 1 aromatic carbocycles. The maximum absolute atomic E-state index is 12.0. The van der Waals surface area contributed by atoms with Gasteiger partial charge in [0.05, 0.1) is 4.90 Å². The lowest BCUT2D eigenvalue weighted by Crippen LogP contribution is -2.25. The van der Waals surface area contributed by atoms with Crippen LogP contribution in [0.3, 0.4) is 0 Å². The maximum Gasteiger partial charge on any atom is 0.240 e. The first-order chi connectivity index (χ1) is 9.51. The Morgan fingerprint density at radius 1 is 1.30 bits per heavy atom. The second-order valence-electron chi connectivity index (χ2n) is 5.40. The zero-order chi connectivity index (χ0) is 14.6. The van der Waals surface area contributed by atoms with Gasteiger partial charge in [-0.25, -0.2) is 13.1 Å². The average Bonchev–Trinajstić information content (AvgIpc) is 3.20. The molecule has 0 radical (unpaired) electrons. The van der Waals surface area contributed by atoms with E-state index >= 15 is 0 Å². The zero-order valence-corrected chi connectivity index (χ0v) is 12.6. The lowest BCUT2D eigenvalue weighted by Gasteiger charge is -2.15. The molecule has 1 aromatic rings. The van der Waals surface area contributed by atoms with Crippen LogP contribution >= 0.6 is 0 Å². The van der Waals surface area contributed by atoms with Gasteiger partial charge in [0.25, 0.3) is 0 Å².